The molecule has 35 heavy (non-hydrogen) atoms. The zero-order valence-electron chi connectivity index (χ0n) is 21.0. The van der Waals surface area contributed by atoms with Crippen LogP contribution in [0.25, 0.3) is 10.9 Å². The van der Waals surface area contributed by atoms with Gasteiger partial charge in [-0.3, -0.25) is 0 Å². The van der Waals surface area contributed by atoms with Crippen LogP contribution in [0.3, 0.4) is 0 Å². The minimum absolute atomic E-state index is 0.0806. The van der Waals surface area contributed by atoms with Gasteiger partial charge in [-0.15, -0.1) is 0 Å². The number of nitrogens with one attached hydrogen (secondary N) is 1. The van der Waals surface area contributed by atoms with Gasteiger partial charge in [0.25, 0.3) is 0 Å². The van der Waals surface area contributed by atoms with Crippen molar-refractivity contribution in [2.75, 3.05) is 32.9 Å². The largest absolute Gasteiger partial charge is 0.490 e. The molecule has 0 saturated carbocycles. The molecule has 0 amide bonds. The molecule has 0 aliphatic rings. The molecule has 9 nitrogen and oxygen atoms in total. The van der Waals surface area contributed by atoms with Crippen molar-refractivity contribution >= 4 is 17.0 Å². The second-order valence-electron chi connectivity index (χ2n) is 9.02. The average Bonchev–Trinajstić information content (AvgIpc) is 3.15. The van der Waals surface area contributed by atoms with E-state index in [1.165, 1.54) is 4.68 Å². The van der Waals surface area contributed by atoms with Crippen molar-refractivity contribution in [2.24, 2.45) is 0 Å². The molecule has 3 aromatic rings. The maximum atomic E-state index is 12.6. The van der Waals surface area contributed by atoms with Crippen molar-refractivity contribution in [3.05, 3.63) is 48.2 Å². The van der Waals surface area contributed by atoms with Crippen LogP contribution in [0.15, 0.2) is 42.5 Å². The van der Waals surface area contributed by atoms with Crippen LogP contribution in [-0.2, 0) is 4.74 Å². The van der Waals surface area contributed by atoms with Crippen LogP contribution in [0.4, 0.5) is 4.79 Å². The van der Waals surface area contributed by atoms with Gasteiger partial charge >= 0.3 is 6.09 Å². The first-order valence-electron chi connectivity index (χ1n) is 11.8. The minimum Gasteiger partial charge on any atom is -0.490 e. The van der Waals surface area contributed by atoms with Crippen molar-refractivity contribution in [2.45, 2.75) is 46.3 Å². The Hall–Kier alpha value is -3.30. The van der Waals surface area contributed by atoms with Gasteiger partial charge in [0.1, 0.15) is 30.7 Å². The molecule has 0 radical (unpaired) electrons. The summed E-state index contributed by atoms with van der Waals surface area (Å²) in [6.07, 6.45) is -1.29. The van der Waals surface area contributed by atoms with Gasteiger partial charge in [0.15, 0.2) is 11.5 Å². The monoisotopic (exact) mass is 485 g/mol. The van der Waals surface area contributed by atoms with Crippen LogP contribution >= 0.6 is 0 Å². The van der Waals surface area contributed by atoms with Crippen molar-refractivity contribution in [1.29, 1.82) is 0 Å². The molecule has 2 N–H and O–H groups in total. The number of hydrogen-bond acceptors (Lipinski definition) is 8. The Labute approximate surface area is 205 Å². The lowest BCUT2D eigenvalue weighted by Crippen LogP contribution is -2.33. The molecule has 0 spiro atoms. The second-order valence-corrected chi connectivity index (χ2v) is 9.02. The van der Waals surface area contributed by atoms with Crippen molar-refractivity contribution in [1.82, 2.24) is 15.1 Å². The Morgan fingerprint density at radius 1 is 1.06 bits per heavy atom. The van der Waals surface area contributed by atoms with Gasteiger partial charge in [-0.05, 0) is 58.9 Å². The first-order chi connectivity index (χ1) is 16.7. The summed E-state index contributed by atoms with van der Waals surface area (Å²) in [4.78, 5) is 12.6. The number of hydrogen-bond donors (Lipinski definition) is 2. The third-order valence-corrected chi connectivity index (χ3v) is 4.91. The van der Waals surface area contributed by atoms with E-state index in [0.717, 1.165) is 0 Å². The van der Waals surface area contributed by atoms with Crippen molar-refractivity contribution in [3.8, 4) is 17.2 Å². The van der Waals surface area contributed by atoms with Crippen LogP contribution in [0.1, 0.15) is 33.4 Å². The molecule has 0 aliphatic carbocycles. The summed E-state index contributed by atoms with van der Waals surface area (Å²) in [5, 5.41) is 18.6. The van der Waals surface area contributed by atoms with Crippen LogP contribution in [0.5, 0.6) is 17.2 Å². The van der Waals surface area contributed by atoms with Gasteiger partial charge in [-0.25, -0.2) is 4.79 Å². The molecule has 1 aromatic heterocycles. The first-order valence-corrected chi connectivity index (χ1v) is 11.8. The molecular weight excluding hydrogens is 450 g/mol. The van der Waals surface area contributed by atoms with E-state index in [1.807, 2.05) is 31.2 Å². The summed E-state index contributed by atoms with van der Waals surface area (Å²) in [5.41, 5.74) is 0.594. The van der Waals surface area contributed by atoms with Crippen LogP contribution in [-0.4, -0.2) is 65.6 Å². The Bertz CT molecular complexity index is 1120. The maximum Gasteiger partial charge on any atom is 0.435 e. The Morgan fingerprint density at radius 2 is 1.74 bits per heavy atom. The Morgan fingerprint density at radius 3 is 2.43 bits per heavy atom. The van der Waals surface area contributed by atoms with Crippen molar-refractivity contribution in [3.63, 3.8) is 0 Å². The number of ether oxygens (including phenoxy) is 4. The fourth-order valence-electron chi connectivity index (χ4n) is 3.47. The van der Waals surface area contributed by atoms with E-state index in [2.05, 4.69) is 10.4 Å². The van der Waals surface area contributed by atoms with E-state index in [0.29, 0.717) is 60.1 Å². The lowest BCUT2D eigenvalue weighted by Gasteiger charge is -2.19. The van der Waals surface area contributed by atoms with E-state index in [9.17, 15) is 9.90 Å². The zero-order chi connectivity index (χ0) is 25.4. The number of aliphatic hydroxyl groups is 1. The molecule has 0 aliphatic heterocycles. The third-order valence-electron chi connectivity index (χ3n) is 4.91. The highest BCUT2D eigenvalue weighted by Crippen LogP contribution is 2.29. The maximum absolute atomic E-state index is 12.6. The molecule has 9 heteroatoms. The van der Waals surface area contributed by atoms with Gasteiger partial charge in [-0.1, -0.05) is 18.2 Å². The van der Waals surface area contributed by atoms with Gasteiger partial charge in [0.2, 0.25) is 0 Å². The predicted molar refractivity (Wildman–Crippen MR) is 134 cm³/mol. The number of aromatic nitrogens is 2. The summed E-state index contributed by atoms with van der Waals surface area (Å²) in [6.45, 7) is 11.1. The zero-order valence-corrected chi connectivity index (χ0v) is 21.0. The fourth-order valence-corrected chi connectivity index (χ4v) is 3.47. The third kappa shape index (κ3) is 7.34. The van der Waals surface area contributed by atoms with E-state index >= 15 is 0 Å². The molecule has 1 heterocycles. The highest BCUT2D eigenvalue weighted by Gasteiger charge is 2.22. The number of benzene rings is 2. The molecule has 3 rings (SSSR count). The van der Waals surface area contributed by atoms with E-state index < -0.39 is 17.8 Å². The smallest absolute Gasteiger partial charge is 0.435 e. The SMILES string of the molecule is CCOc1ccccc1OCCNC[C@H](O)COc1cccc2c1c(C)nn2C(=O)OC(C)(C)C. The van der Waals surface area contributed by atoms with Gasteiger partial charge in [0, 0.05) is 13.1 Å². The molecule has 1 atom stereocenters. The molecular formula is C26H35N3O6. The molecule has 0 unspecified atom stereocenters. The van der Waals surface area contributed by atoms with Gasteiger partial charge < -0.3 is 29.4 Å². The molecule has 2 aromatic carbocycles. The van der Waals surface area contributed by atoms with Gasteiger partial charge in [-0.2, -0.15) is 9.78 Å². The molecule has 190 valence electrons. The first kappa shape index (κ1) is 26.3. The number of aryl methyl sites for hydroxylation is 1. The minimum atomic E-state index is -0.734. The van der Waals surface area contributed by atoms with Crippen molar-refractivity contribution < 1.29 is 28.8 Å². The lowest BCUT2D eigenvalue weighted by molar-refractivity contribution is 0.0522. The summed E-state index contributed by atoms with van der Waals surface area (Å²) in [5.74, 6) is 1.95. The number of carbonyl (C=O) groups excluding carboxylic acids is 1. The number of carbonyl (C=O) groups is 1. The Balaban J connectivity index is 1.50. The number of rotatable bonds is 11. The topological polar surface area (TPSA) is 104 Å². The van der Waals surface area contributed by atoms with E-state index in [1.54, 1.807) is 45.9 Å². The molecule has 0 saturated heterocycles. The second kappa shape index (κ2) is 11.9. The van der Waals surface area contributed by atoms with Crippen LogP contribution in [0.2, 0.25) is 0 Å². The van der Waals surface area contributed by atoms with Gasteiger partial charge in [0.05, 0.1) is 23.2 Å². The quantitative estimate of drug-likeness (QED) is 0.394. The molecule has 0 fully saturated rings. The summed E-state index contributed by atoms with van der Waals surface area (Å²) < 4.78 is 23.9. The average molecular weight is 486 g/mol. The Kier molecular flexibility index (Phi) is 8.95. The lowest BCUT2D eigenvalue weighted by atomic mass is 10.2. The van der Waals surface area contributed by atoms with Crippen LogP contribution in [0, 0.1) is 6.92 Å². The number of para-hydroxylation sites is 2. The summed E-state index contributed by atoms with van der Waals surface area (Å²) in [7, 11) is 0. The number of nitrogens with zero attached hydrogens (tertiary/aromatic N) is 2. The fraction of sp³-hybridized carbons (Fsp3) is 0.462. The van der Waals surface area contributed by atoms with E-state index in [4.69, 9.17) is 18.9 Å². The predicted octanol–water partition coefficient (Wildman–Crippen LogP) is 3.93. The van der Waals surface area contributed by atoms with Crippen LogP contribution < -0.4 is 19.5 Å². The summed E-state index contributed by atoms with van der Waals surface area (Å²) >= 11 is 0. The molecule has 0 bridgehead atoms. The van der Waals surface area contributed by atoms with E-state index in [-0.39, 0.29) is 6.61 Å². The number of aliphatic hydroxyl groups excluding tert-OH is 1. The summed E-state index contributed by atoms with van der Waals surface area (Å²) in [6, 6.07) is 12.9. The number of fused-ring (bicyclic) bond motifs is 1. The highest BCUT2D eigenvalue weighted by atomic mass is 16.6. The highest BCUT2D eigenvalue weighted by molar-refractivity contribution is 5.93. The standard InChI is InChI=1S/C26H35N3O6/c1-6-32-21-11-7-8-12-22(21)33-15-14-27-16-19(30)17-34-23-13-9-10-20-24(23)18(2)28-29(20)25(31)35-26(3,4)5/h7-13,19,27,30H,6,14-17H2,1-5H3/t19-/m0/s1. The normalized spacial score (nSPS) is 12.4.